The summed E-state index contributed by atoms with van der Waals surface area (Å²) in [5.41, 5.74) is 1.77. The number of methoxy groups -OCH3 is 3. The number of hydrogen-bond acceptors (Lipinski definition) is 7. The molecule has 0 radical (unpaired) electrons. The molecule has 0 N–H and O–H groups in total. The van der Waals surface area contributed by atoms with Crippen molar-refractivity contribution < 1.29 is 19.0 Å². The van der Waals surface area contributed by atoms with Crippen molar-refractivity contribution in [3.63, 3.8) is 0 Å². The van der Waals surface area contributed by atoms with Gasteiger partial charge in [-0.15, -0.1) is 10.2 Å². The standard InChI is InChI=1S/C20H19N3O4S/c1-25-14-9-13(10-15(26-2)18(14)27-3)16-11-17(24)23-19(21-22-20(23)28-16)12-7-5-4-6-8-12/h4-10,16H,11H2,1-3H3. The third-order valence-corrected chi connectivity index (χ3v) is 5.78. The number of carbonyl (C=O) groups excluding carboxylic acids is 1. The fraction of sp³-hybridized carbons (Fsp3) is 0.250. The molecule has 1 aliphatic rings. The molecule has 1 atom stereocenters. The van der Waals surface area contributed by atoms with E-state index in [4.69, 9.17) is 14.2 Å². The first-order valence-corrected chi connectivity index (χ1v) is 9.54. The third kappa shape index (κ3) is 3.09. The average Bonchev–Trinajstić information content (AvgIpc) is 3.18. The number of rotatable bonds is 5. The van der Waals surface area contributed by atoms with E-state index in [1.165, 1.54) is 11.8 Å². The largest absolute Gasteiger partial charge is 0.493 e. The molecule has 0 fully saturated rings. The maximum atomic E-state index is 12.9. The first kappa shape index (κ1) is 18.4. The van der Waals surface area contributed by atoms with Gasteiger partial charge in [0.2, 0.25) is 11.7 Å². The number of hydrogen-bond donors (Lipinski definition) is 0. The summed E-state index contributed by atoms with van der Waals surface area (Å²) in [7, 11) is 4.71. The summed E-state index contributed by atoms with van der Waals surface area (Å²) < 4.78 is 17.8. The van der Waals surface area contributed by atoms with E-state index in [-0.39, 0.29) is 11.2 Å². The van der Waals surface area contributed by atoms with Gasteiger partial charge in [0.15, 0.2) is 22.5 Å². The fourth-order valence-corrected chi connectivity index (χ4v) is 4.37. The maximum Gasteiger partial charge on any atom is 0.235 e. The van der Waals surface area contributed by atoms with Gasteiger partial charge in [-0.1, -0.05) is 42.1 Å². The van der Waals surface area contributed by atoms with Crippen molar-refractivity contribution in [2.45, 2.75) is 16.8 Å². The summed E-state index contributed by atoms with van der Waals surface area (Å²) in [6.45, 7) is 0. The maximum absolute atomic E-state index is 12.9. The number of thioether (sulfide) groups is 1. The average molecular weight is 397 g/mol. The van der Waals surface area contributed by atoms with Crippen LogP contribution in [0.3, 0.4) is 0 Å². The van der Waals surface area contributed by atoms with Gasteiger partial charge in [0, 0.05) is 17.2 Å². The molecule has 8 heteroatoms. The van der Waals surface area contributed by atoms with Crippen LogP contribution < -0.4 is 14.2 Å². The van der Waals surface area contributed by atoms with Crippen LogP contribution in [-0.2, 0) is 0 Å². The number of ether oxygens (including phenoxy) is 3. The Kier molecular flexibility index (Phi) is 4.95. The van der Waals surface area contributed by atoms with E-state index in [0.29, 0.717) is 34.7 Å². The fourth-order valence-electron chi connectivity index (χ4n) is 3.24. The van der Waals surface area contributed by atoms with Crippen LogP contribution in [0.25, 0.3) is 11.4 Å². The topological polar surface area (TPSA) is 75.5 Å². The zero-order valence-electron chi connectivity index (χ0n) is 15.7. The zero-order valence-corrected chi connectivity index (χ0v) is 16.5. The molecule has 0 spiro atoms. The summed E-state index contributed by atoms with van der Waals surface area (Å²) in [5.74, 6) is 2.16. The van der Waals surface area contributed by atoms with Crippen LogP contribution in [0, 0.1) is 0 Å². The van der Waals surface area contributed by atoms with E-state index < -0.39 is 0 Å². The highest BCUT2D eigenvalue weighted by Crippen LogP contribution is 2.47. The molecule has 2 aromatic carbocycles. The number of nitrogens with zero attached hydrogens (tertiary/aromatic N) is 3. The highest BCUT2D eigenvalue weighted by atomic mass is 32.2. The van der Waals surface area contributed by atoms with Crippen molar-refractivity contribution in [3.8, 4) is 28.6 Å². The number of aromatic nitrogens is 3. The molecule has 1 unspecified atom stereocenters. The molecule has 7 nitrogen and oxygen atoms in total. The highest BCUT2D eigenvalue weighted by Gasteiger charge is 2.32. The van der Waals surface area contributed by atoms with Crippen molar-refractivity contribution in [2.75, 3.05) is 21.3 Å². The molecule has 0 aliphatic carbocycles. The first-order valence-electron chi connectivity index (χ1n) is 8.66. The molecule has 0 saturated heterocycles. The van der Waals surface area contributed by atoms with Gasteiger partial charge in [0.1, 0.15) is 0 Å². The van der Waals surface area contributed by atoms with Crippen molar-refractivity contribution in [1.82, 2.24) is 14.8 Å². The molecular weight excluding hydrogens is 378 g/mol. The van der Waals surface area contributed by atoms with Crippen LogP contribution in [0.2, 0.25) is 0 Å². The Hall–Kier alpha value is -3.00. The Morgan fingerprint density at radius 3 is 2.29 bits per heavy atom. The van der Waals surface area contributed by atoms with Gasteiger partial charge < -0.3 is 14.2 Å². The van der Waals surface area contributed by atoms with Gasteiger partial charge in [-0.2, -0.15) is 0 Å². The van der Waals surface area contributed by atoms with Gasteiger partial charge in [0.25, 0.3) is 0 Å². The summed E-state index contributed by atoms with van der Waals surface area (Å²) in [6.07, 6.45) is 0.314. The lowest BCUT2D eigenvalue weighted by Gasteiger charge is -2.23. The van der Waals surface area contributed by atoms with Crippen LogP contribution in [0.15, 0.2) is 47.6 Å². The predicted octanol–water partition coefficient (Wildman–Crippen LogP) is 3.85. The predicted molar refractivity (Wildman–Crippen MR) is 105 cm³/mol. The molecule has 1 aliphatic heterocycles. The van der Waals surface area contributed by atoms with E-state index in [0.717, 1.165) is 11.1 Å². The molecule has 1 aromatic heterocycles. The lowest BCUT2D eigenvalue weighted by molar-refractivity contribution is 0.0888. The lowest BCUT2D eigenvalue weighted by atomic mass is 10.1. The van der Waals surface area contributed by atoms with Crippen LogP contribution >= 0.6 is 11.8 Å². The molecule has 3 aromatic rings. The minimum absolute atomic E-state index is 0.0450. The third-order valence-electron chi connectivity index (χ3n) is 4.58. The van der Waals surface area contributed by atoms with Crippen molar-refractivity contribution >= 4 is 17.7 Å². The monoisotopic (exact) mass is 397 g/mol. The van der Waals surface area contributed by atoms with Gasteiger partial charge in [-0.3, -0.25) is 4.79 Å². The van der Waals surface area contributed by atoms with Crippen LogP contribution in [-0.4, -0.2) is 42.0 Å². The minimum atomic E-state index is -0.124. The molecule has 144 valence electrons. The lowest BCUT2D eigenvalue weighted by Crippen LogP contribution is -2.20. The summed E-state index contributed by atoms with van der Waals surface area (Å²) in [5, 5.41) is 8.94. The van der Waals surface area contributed by atoms with Crippen molar-refractivity contribution in [2.24, 2.45) is 0 Å². The van der Waals surface area contributed by atoms with Crippen LogP contribution in [0.1, 0.15) is 22.0 Å². The van der Waals surface area contributed by atoms with Gasteiger partial charge in [-0.05, 0) is 17.7 Å². The smallest absolute Gasteiger partial charge is 0.235 e. The first-order chi connectivity index (χ1) is 13.7. The van der Waals surface area contributed by atoms with Gasteiger partial charge in [0.05, 0.1) is 21.3 Å². The number of benzene rings is 2. The minimum Gasteiger partial charge on any atom is -0.493 e. The Labute approximate surface area is 166 Å². The molecule has 0 bridgehead atoms. The Bertz CT molecular complexity index is 995. The van der Waals surface area contributed by atoms with Crippen molar-refractivity contribution in [1.29, 1.82) is 0 Å². The number of carbonyl (C=O) groups is 1. The number of fused-ring (bicyclic) bond motifs is 1. The molecule has 0 saturated carbocycles. The SMILES string of the molecule is COc1cc(C2CC(=O)n3c(nnc3-c3ccccc3)S2)cc(OC)c1OC. The molecule has 28 heavy (non-hydrogen) atoms. The van der Waals surface area contributed by atoms with Crippen LogP contribution in [0.4, 0.5) is 0 Å². The molecular formula is C20H19N3O4S. The Morgan fingerprint density at radius 1 is 1.00 bits per heavy atom. The van der Waals surface area contributed by atoms with Crippen LogP contribution in [0.5, 0.6) is 17.2 Å². The van der Waals surface area contributed by atoms with E-state index in [1.54, 1.807) is 25.9 Å². The molecule has 4 rings (SSSR count). The molecule has 2 heterocycles. The summed E-state index contributed by atoms with van der Waals surface area (Å²) in [6, 6.07) is 13.3. The second-order valence-corrected chi connectivity index (χ2v) is 7.34. The molecule has 0 amide bonds. The van der Waals surface area contributed by atoms with Crippen molar-refractivity contribution in [3.05, 3.63) is 48.0 Å². The normalized spacial score (nSPS) is 15.8. The second-order valence-electron chi connectivity index (χ2n) is 6.17. The van der Waals surface area contributed by atoms with E-state index >= 15 is 0 Å². The summed E-state index contributed by atoms with van der Waals surface area (Å²) in [4.78, 5) is 12.9. The van der Waals surface area contributed by atoms with Gasteiger partial charge >= 0.3 is 0 Å². The quantitative estimate of drug-likeness (QED) is 0.647. The highest BCUT2D eigenvalue weighted by molar-refractivity contribution is 7.99. The van der Waals surface area contributed by atoms with E-state index in [1.807, 2.05) is 42.5 Å². The summed E-state index contributed by atoms with van der Waals surface area (Å²) >= 11 is 1.50. The van der Waals surface area contributed by atoms with E-state index in [9.17, 15) is 4.79 Å². The second kappa shape index (κ2) is 7.55. The Morgan fingerprint density at radius 2 is 1.68 bits per heavy atom. The van der Waals surface area contributed by atoms with Gasteiger partial charge in [-0.25, -0.2) is 4.57 Å². The Balaban J connectivity index is 1.71. The van der Waals surface area contributed by atoms with E-state index in [2.05, 4.69) is 10.2 Å². The zero-order chi connectivity index (χ0) is 19.7.